The molecule has 1 rings (SSSR count). The lowest BCUT2D eigenvalue weighted by molar-refractivity contribution is -0.140. The Balaban J connectivity index is 2.10. The van der Waals surface area contributed by atoms with Gasteiger partial charge in [0, 0.05) is 29.4 Å². The number of hydrogen-bond donors (Lipinski definition) is 2. The Hall–Kier alpha value is -0.910. The third kappa shape index (κ3) is 3.99. The highest BCUT2D eigenvalue weighted by Crippen LogP contribution is 2.38. The maximum Gasteiger partial charge on any atom is 0.307 e. The molecule has 15 heavy (non-hydrogen) atoms. The molecule has 0 bridgehead atoms. The summed E-state index contributed by atoms with van der Waals surface area (Å²) < 4.78 is 10.7. The van der Waals surface area contributed by atoms with Crippen molar-refractivity contribution < 1.29 is 18.9 Å². The number of carboxylic acids is 1. The molecule has 0 spiro atoms. The smallest absolute Gasteiger partial charge is 0.307 e. The van der Waals surface area contributed by atoms with Crippen LogP contribution < -0.4 is 5.32 Å². The van der Waals surface area contributed by atoms with E-state index in [1.807, 2.05) is 0 Å². The van der Waals surface area contributed by atoms with Crippen molar-refractivity contribution in [3.05, 3.63) is 0 Å². The number of amides is 1. The van der Waals surface area contributed by atoms with Crippen molar-refractivity contribution in [3.63, 3.8) is 0 Å². The van der Waals surface area contributed by atoms with Gasteiger partial charge in [-0.2, -0.15) is 0 Å². The molecular weight excluding hydrogens is 218 g/mol. The molecule has 3 atom stereocenters. The van der Waals surface area contributed by atoms with Crippen LogP contribution in [0, 0.1) is 11.8 Å². The van der Waals surface area contributed by atoms with Crippen LogP contribution in [0.25, 0.3) is 0 Å². The summed E-state index contributed by atoms with van der Waals surface area (Å²) in [5, 5.41) is 11.2. The first-order chi connectivity index (χ1) is 7.02. The first-order valence-corrected chi connectivity index (χ1v) is 6.55. The van der Waals surface area contributed by atoms with E-state index in [1.165, 1.54) is 0 Å². The molecule has 0 aromatic carbocycles. The summed E-state index contributed by atoms with van der Waals surface area (Å²) in [5.74, 6) is -1.37. The number of carbonyl (C=O) groups excluding carboxylic acids is 1. The Bertz CT molecular complexity index is 292. The predicted octanol–water partition coefficient (Wildman–Crippen LogP) is -0.408. The van der Waals surface area contributed by atoms with Gasteiger partial charge in [-0.05, 0) is 12.8 Å². The van der Waals surface area contributed by atoms with Crippen LogP contribution >= 0.6 is 0 Å². The fourth-order valence-electron chi connectivity index (χ4n) is 1.38. The molecule has 1 unspecified atom stereocenters. The standard InChI is InChI=1S/C9H15NO4S/c1-15(14)4-2-3-10-8(11)6-5-7(6)9(12)13/h6-7H,2-5H2,1H3,(H,10,11)(H,12,13)/t6-,7+,15?/m1/s1. The second-order valence-corrected chi connectivity index (χ2v) is 5.26. The Morgan fingerprint density at radius 2 is 2.13 bits per heavy atom. The molecule has 1 saturated carbocycles. The van der Waals surface area contributed by atoms with E-state index in [9.17, 15) is 13.8 Å². The fraction of sp³-hybridized carbons (Fsp3) is 0.778. The van der Waals surface area contributed by atoms with E-state index in [0.29, 0.717) is 25.1 Å². The molecule has 0 saturated heterocycles. The maximum absolute atomic E-state index is 11.3. The third-order valence-corrected chi connectivity index (χ3v) is 3.22. The zero-order chi connectivity index (χ0) is 11.4. The minimum Gasteiger partial charge on any atom is -0.481 e. The molecule has 1 aliphatic carbocycles. The number of carbonyl (C=O) groups is 2. The normalized spacial score (nSPS) is 25.7. The molecule has 1 fully saturated rings. The molecule has 0 aliphatic heterocycles. The SMILES string of the molecule is CS(=O)CCCNC(=O)[C@@H]1C[C@@H]1C(=O)O. The molecule has 0 radical (unpaired) electrons. The highest BCUT2D eigenvalue weighted by molar-refractivity contribution is 7.84. The summed E-state index contributed by atoms with van der Waals surface area (Å²) in [6.07, 6.45) is 2.73. The van der Waals surface area contributed by atoms with Gasteiger partial charge < -0.3 is 10.4 Å². The van der Waals surface area contributed by atoms with Crippen molar-refractivity contribution in [3.8, 4) is 0 Å². The van der Waals surface area contributed by atoms with Crippen molar-refractivity contribution in [1.82, 2.24) is 5.32 Å². The molecule has 5 nitrogen and oxygen atoms in total. The van der Waals surface area contributed by atoms with E-state index in [-0.39, 0.29) is 11.8 Å². The lowest BCUT2D eigenvalue weighted by atomic mass is 10.3. The zero-order valence-electron chi connectivity index (χ0n) is 8.56. The summed E-state index contributed by atoms with van der Waals surface area (Å²) in [7, 11) is -0.835. The molecule has 1 aliphatic rings. The largest absolute Gasteiger partial charge is 0.481 e. The van der Waals surface area contributed by atoms with Gasteiger partial charge in [-0.25, -0.2) is 0 Å². The van der Waals surface area contributed by atoms with Gasteiger partial charge in [0.2, 0.25) is 5.91 Å². The van der Waals surface area contributed by atoms with E-state index in [4.69, 9.17) is 5.11 Å². The van der Waals surface area contributed by atoms with Crippen molar-refractivity contribution in [2.24, 2.45) is 11.8 Å². The lowest BCUT2D eigenvalue weighted by Gasteiger charge is -2.02. The number of carboxylic acid groups (broad SMARTS) is 1. The Labute approximate surface area is 90.7 Å². The van der Waals surface area contributed by atoms with Crippen LogP contribution in [-0.2, 0) is 20.4 Å². The van der Waals surface area contributed by atoms with Crippen LogP contribution in [0.1, 0.15) is 12.8 Å². The highest BCUT2D eigenvalue weighted by Gasteiger charge is 2.48. The van der Waals surface area contributed by atoms with E-state index < -0.39 is 22.7 Å². The topological polar surface area (TPSA) is 83.5 Å². The third-order valence-electron chi connectivity index (χ3n) is 2.35. The summed E-state index contributed by atoms with van der Waals surface area (Å²) in [5.41, 5.74) is 0. The van der Waals surface area contributed by atoms with Crippen molar-refractivity contribution in [2.45, 2.75) is 12.8 Å². The molecule has 0 heterocycles. The lowest BCUT2D eigenvalue weighted by Crippen LogP contribution is -2.28. The van der Waals surface area contributed by atoms with Crippen LogP contribution in [0.4, 0.5) is 0 Å². The van der Waals surface area contributed by atoms with Crippen LogP contribution in [-0.4, -0.2) is 39.7 Å². The van der Waals surface area contributed by atoms with Crippen molar-refractivity contribution in [1.29, 1.82) is 0 Å². The zero-order valence-corrected chi connectivity index (χ0v) is 9.38. The van der Waals surface area contributed by atoms with E-state index >= 15 is 0 Å². The molecule has 0 aromatic rings. The quantitative estimate of drug-likeness (QED) is 0.611. The minimum atomic E-state index is -0.898. The Kier molecular flexibility index (Phi) is 4.26. The van der Waals surface area contributed by atoms with Crippen LogP contribution in [0.3, 0.4) is 0 Å². The average molecular weight is 233 g/mol. The van der Waals surface area contributed by atoms with Gasteiger partial charge in [0.05, 0.1) is 11.8 Å². The van der Waals surface area contributed by atoms with Crippen LogP contribution in [0.2, 0.25) is 0 Å². The molecule has 6 heteroatoms. The van der Waals surface area contributed by atoms with E-state index in [0.717, 1.165) is 0 Å². The molecule has 2 N–H and O–H groups in total. The van der Waals surface area contributed by atoms with Gasteiger partial charge >= 0.3 is 5.97 Å². The Morgan fingerprint density at radius 3 is 2.60 bits per heavy atom. The number of rotatable bonds is 6. The highest BCUT2D eigenvalue weighted by atomic mass is 32.2. The second kappa shape index (κ2) is 5.25. The van der Waals surface area contributed by atoms with Gasteiger partial charge in [-0.15, -0.1) is 0 Å². The van der Waals surface area contributed by atoms with Gasteiger partial charge in [0.1, 0.15) is 0 Å². The first-order valence-electron chi connectivity index (χ1n) is 4.83. The first kappa shape index (κ1) is 12.2. The van der Waals surface area contributed by atoms with Crippen molar-refractivity contribution >= 4 is 22.7 Å². The minimum absolute atomic E-state index is 0.190. The second-order valence-electron chi connectivity index (χ2n) is 3.71. The summed E-state index contributed by atoms with van der Waals surface area (Å²) in [6, 6.07) is 0. The predicted molar refractivity (Wildman–Crippen MR) is 55.8 cm³/mol. The van der Waals surface area contributed by atoms with Crippen molar-refractivity contribution in [2.75, 3.05) is 18.6 Å². The van der Waals surface area contributed by atoms with Gasteiger partial charge in [-0.3, -0.25) is 13.8 Å². The van der Waals surface area contributed by atoms with Crippen LogP contribution in [0.15, 0.2) is 0 Å². The maximum atomic E-state index is 11.3. The fourth-order valence-corrected chi connectivity index (χ4v) is 1.93. The molecule has 1 amide bonds. The molecular formula is C9H15NO4S. The van der Waals surface area contributed by atoms with E-state index in [1.54, 1.807) is 6.26 Å². The Morgan fingerprint density at radius 1 is 1.47 bits per heavy atom. The summed E-state index contributed by atoms with van der Waals surface area (Å²) in [4.78, 5) is 21.8. The summed E-state index contributed by atoms with van der Waals surface area (Å²) in [6.45, 7) is 0.473. The average Bonchev–Trinajstić information content (AvgIpc) is 2.90. The van der Waals surface area contributed by atoms with Crippen LogP contribution in [0.5, 0.6) is 0 Å². The van der Waals surface area contributed by atoms with Gasteiger partial charge in [-0.1, -0.05) is 0 Å². The number of aliphatic carboxylic acids is 1. The molecule has 0 aromatic heterocycles. The number of nitrogens with one attached hydrogen (secondary N) is 1. The van der Waals surface area contributed by atoms with E-state index in [2.05, 4.69) is 5.32 Å². The van der Waals surface area contributed by atoms with Gasteiger partial charge in [0.25, 0.3) is 0 Å². The monoisotopic (exact) mass is 233 g/mol. The molecule has 86 valence electrons. The number of hydrogen-bond acceptors (Lipinski definition) is 3. The van der Waals surface area contributed by atoms with Gasteiger partial charge in [0.15, 0.2) is 0 Å². The summed E-state index contributed by atoms with van der Waals surface area (Å²) >= 11 is 0.